The molecule has 0 aliphatic heterocycles. The third-order valence-corrected chi connectivity index (χ3v) is 5.03. The fraction of sp³-hybridized carbons (Fsp3) is 0.684. The average molecular weight is 288 g/mol. The molecule has 0 heterocycles. The van der Waals surface area contributed by atoms with Crippen LogP contribution in [0.3, 0.4) is 0 Å². The molecule has 1 unspecified atom stereocenters. The van der Waals surface area contributed by atoms with Gasteiger partial charge in [0.15, 0.2) is 0 Å². The van der Waals surface area contributed by atoms with Crippen LogP contribution in [0.1, 0.15) is 75.8 Å². The Hall–Kier alpha value is -0.860. The van der Waals surface area contributed by atoms with Crippen molar-refractivity contribution in [2.45, 2.75) is 77.2 Å². The van der Waals surface area contributed by atoms with E-state index in [1.54, 1.807) is 0 Å². The lowest BCUT2D eigenvalue weighted by atomic mass is 9.83. The highest BCUT2D eigenvalue weighted by Gasteiger charge is 2.21. The van der Waals surface area contributed by atoms with Gasteiger partial charge in [0.1, 0.15) is 0 Å². The Labute approximate surface area is 130 Å². The van der Waals surface area contributed by atoms with E-state index in [2.05, 4.69) is 43.5 Å². The first-order valence-corrected chi connectivity index (χ1v) is 8.75. The third kappa shape index (κ3) is 5.12. The van der Waals surface area contributed by atoms with Gasteiger partial charge < -0.3 is 0 Å². The van der Waals surface area contributed by atoms with Crippen LogP contribution in [0.2, 0.25) is 0 Å². The molecule has 0 saturated heterocycles. The predicted octanol–water partition coefficient (Wildman–Crippen LogP) is 4.54. The summed E-state index contributed by atoms with van der Waals surface area (Å²) in [6.07, 6.45) is 10.7. The smallest absolute Gasteiger partial charge is 0.0279 e. The molecule has 0 bridgehead atoms. The highest BCUT2D eigenvalue weighted by atomic mass is 15.2. The van der Waals surface area contributed by atoms with Crippen LogP contribution < -0.4 is 11.3 Å². The molecule has 118 valence electrons. The van der Waals surface area contributed by atoms with E-state index in [-0.39, 0.29) is 0 Å². The summed E-state index contributed by atoms with van der Waals surface area (Å²) in [6, 6.07) is 9.52. The summed E-state index contributed by atoms with van der Waals surface area (Å²) >= 11 is 0. The van der Waals surface area contributed by atoms with Gasteiger partial charge >= 0.3 is 0 Å². The van der Waals surface area contributed by atoms with Gasteiger partial charge in [0.2, 0.25) is 0 Å². The standard InChI is InChI=1S/C19H32N2/c1-15(2)17-12-10-16(11-13-17)14-19(21-20)18-8-6-4-3-5-7-9-18/h10-13,15,18-19,21H,3-9,14,20H2,1-2H3. The van der Waals surface area contributed by atoms with Crippen molar-refractivity contribution in [1.29, 1.82) is 0 Å². The second-order valence-electron chi connectivity index (χ2n) is 6.98. The molecule has 3 N–H and O–H groups in total. The second-order valence-corrected chi connectivity index (χ2v) is 6.98. The third-order valence-electron chi connectivity index (χ3n) is 5.03. The molecule has 21 heavy (non-hydrogen) atoms. The minimum Gasteiger partial charge on any atom is -0.271 e. The summed E-state index contributed by atoms with van der Waals surface area (Å²) in [6.45, 7) is 4.49. The van der Waals surface area contributed by atoms with Gasteiger partial charge in [-0.15, -0.1) is 0 Å². The van der Waals surface area contributed by atoms with Crippen LogP contribution in [-0.2, 0) is 6.42 Å². The molecule has 0 aromatic heterocycles. The quantitative estimate of drug-likeness (QED) is 0.616. The molecule has 2 nitrogen and oxygen atoms in total. The minimum absolute atomic E-state index is 0.424. The van der Waals surface area contributed by atoms with E-state index in [1.165, 1.54) is 56.1 Å². The zero-order valence-corrected chi connectivity index (χ0v) is 13.8. The summed E-state index contributed by atoms with van der Waals surface area (Å²) in [4.78, 5) is 0. The topological polar surface area (TPSA) is 38.0 Å². The summed E-state index contributed by atoms with van der Waals surface area (Å²) in [7, 11) is 0. The van der Waals surface area contributed by atoms with Crippen LogP contribution in [0, 0.1) is 5.92 Å². The van der Waals surface area contributed by atoms with E-state index < -0.39 is 0 Å². The summed E-state index contributed by atoms with van der Waals surface area (Å²) in [5.74, 6) is 7.21. The van der Waals surface area contributed by atoms with Crippen molar-refractivity contribution >= 4 is 0 Å². The van der Waals surface area contributed by atoms with Crippen LogP contribution in [0.25, 0.3) is 0 Å². The number of hydrogen-bond donors (Lipinski definition) is 2. The molecule has 0 radical (unpaired) electrons. The highest BCUT2D eigenvalue weighted by Crippen LogP contribution is 2.26. The van der Waals surface area contributed by atoms with E-state index in [4.69, 9.17) is 5.84 Å². The molecule has 1 fully saturated rings. The van der Waals surface area contributed by atoms with Crippen LogP contribution in [-0.4, -0.2) is 6.04 Å². The van der Waals surface area contributed by atoms with Crippen LogP contribution in [0.15, 0.2) is 24.3 Å². The Morgan fingerprint density at radius 1 is 1.00 bits per heavy atom. The Kier molecular flexibility index (Phi) is 6.72. The summed E-state index contributed by atoms with van der Waals surface area (Å²) < 4.78 is 0. The van der Waals surface area contributed by atoms with E-state index in [1.807, 2.05) is 0 Å². The van der Waals surface area contributed by atoms with E-state index >= 15 is 0 Å². The molecule has 1 aliphatic rings. The van der Waals surface area contributed by atoms with E-state index in [0.717, 1.165) is 12.3 Å². The van der Waals surface area contributed by atoms with Gasteiger partial charge in [-0.2, -0.15) is 0 Å². The van der Waals surface area contributed by atoms with Crippen LogP contribution in [0.5, 0.6) is 0 Å². The lowest BCUT2D eigenvalue weighted by molar-refractivity contribution is 0.285. The number of benzene rings is 1. The van der Waals surface area contributed by atoms with Gasteiger partial charge in [0.25, 0.3) is 0 Å². The van der Waals surface area contributed by atoms with E-state index in [9.17, 15) is 0 Å². The van der Waals surface area contributed by atoms with Crippen LogP contribution in [0.4, 0.5) is 0 Å². The molecule has 1 atom stereocenters. The molecular weight excluding hydrogens is 256 g/mol. The van der Waals surface area contributed by atoms with Crippen molar-refractivity contribution in [3.63, 3.8) is 0 Å². The molecule has 0 spiro atoms. The molecule has 1 aromatic rings. The first-order chi connectivity index (χ1) is 10.2. The van der Waals surface area contributed by atoms with Crippen molar-refractivity contribution < 1.29 is 0 Å². The van der Waals surface area contributed by atoms with Crippen molar-refractivity contribution in [3.05, 3.63) is 35.4 Å². The maximum Gasteiger partial charge on any atom is 0.0279 e. The number of rotatable bonds is 5. The number of nitrogens with one attached hydrogen (secondary N) is 1. The zero-order chi connectivity index (χ0) is 15.1. The predicted molar refractivity (Wildman–Crippen MR) is 91.2 cm³/mol. The first-order valence-electron chi connectivity index (χ1n) is 8.75. The molecule has 2 rings (SSSR count). The van der Waals surface area contributed by atoms with Gasteiger partial charge in [-0.05, 0) is 42.2 Å². The Bertz CT molecular complexity index is 389. The van der Waals surface area contributed by atoms with Gasteiger partial charge in [-0.3, -0.25) is 11.3 Å². The maximum atomic E-state index is 5.87. The van der Waals surface area contributed by atoms with Crippen LogP contribution >= 0.6 is 0 Å². The molecular formula is C19H32N2. The van der Waals surface area contributed by atoms with Gasteiger partial charge in [0, 0.05) is 6.04 Å². The number of hydrazine groups is 1. The normalized spacial score (nSPS) is 19.2. The lowest BCUT2D eigenvalue weighted by Crippen LogP contribution is -2.42. The molecule has 0 amide bonds. The highest BCUT2D eigenvalue weighted by molar-refractivity contribution is 5.25. The van der Waals surface area contributed by atoms with Gasteiger partial charge in [-0.1, -0.05) is 70.2 Å². The van der Waals surface area contributed by atoms with Gasteiger partial charge in [-0.25, -0.2) is 0 Å². The summed E-state index contributed by atoms with van der Waals surface area (Å²) in [5.41, 5.74) is 5.93. The van der Waals surface area contributed by atoms with Crippen molar-refractivity contribution in [2.24, 2.45) is 11.8 Å². The maximum absolute atomic E-state index is 5.87. The SMILES string of the molecule is CC(C)c1ccc(CC(NN)C2CCCCCCC2)cc1. The second kappa shape index (κ2) is 8.55. The van der Waals surface area contributed by atoms with Crippen molar-refractivity contribution in [3.8, 4) is 0 Å². The van der Waals surface area contributed by atoms with Crippen molar-refractivity contribution in [2.75, 3.05) is 0 Å². The fourth-order valence-electron chi connectivity index (χ4n) is 3.54. The molecule has 1 aliphatic carbocycles. The minimum atomic E-state index is 0.424. The Balaban J connectivity index is 1.96. The lowest BCUT2D eigenvalue weighted by Gasteiger charge is -2.28. The largest absolute Gasteiger partial charge is 0.271 e. The first kappa shape index (κ1) is 16.5. The Morgan fingerprint density at radius 3 is 2.10 bits per heavy atom. The monoisotopic (exact) mass is 288 g/mol. The number of hydrogen-bond acceptors (Lipinski definition) is 2. The summed E-state index contributed by atoms with van der Waals surface area (Å²) in [5, 5.41) is 0. The molecule has 1 saturated carbocycles. The van der Waals surface area contributed by atoms with E-state index in [0.29, 0.717) is 12.0 Å². The fourth-order valence-corrected chi connectivity index (χ4v) is 3.54. The number of nitrogens with two attached hydrogens (primary N) is 1. The Morgan fingerprint density at radius 2 is 1.57 bits per heavy atom. The molecule has 1 aromatic carbocycles. The molecule has 2 heteroatoms. The van der Waals surface area contributed by atoms with Crippen molar-refractivity contribution in [1.82, 2.24) is 5.43 Å². The van der Waals surface area contributed by atoms with Gasteiger partial charge in [0.05, 0.1) is 0 Å². The zero-order valence-electron chi connectivity index (χ0n) is 13.8. The average Bonchev–Trinajstić information content (AvgIpc) is 2.45.